The van der Waals surface area contributed by atoms with Crippen molar-refractivity contribution in [2.75, 3.05) is 0 Å². The van der Waals surface area contributed by atoms with Crippen molar-refractivity contribution in [3.05, 3.63) is 65.5 Å². The van der Waals surface area contributed by atoms with Gasteiger partial charge in [0, 0.05) is 17.8 Å². The van der Waals surface area contributed by atoms with Crippen LogP contribution in [0, 0.1) is 18.8 Å². The quantitative estimate of drug-likeness (QED) is 0.711. The van der Waals surface area contributed by atoms with Crippen molar-refractivity contribution in [2.45, 2.75) is 51.9 Å². The fourth-order valence-corrected chi connectivity index (χ4v) is 4.13. The first kappa shape index (κ1) is 18.5. The molecule has 0 spiro atoms. The van der Waals surface area contributed by atoms with Gasteiger partial charge >= 0.3 is 0 Å². The van der Waals surface area contributed by atoms with Crippen molar-refractivity contribution < 1.29 is 9.59 Å². The molecule has 1 aromatic heterocycles. The normalized spacial score (nSPS) is 21.2. The highest BCUT2D eigenvalue weighted by molar-refractivity contribution is 6.02. The van der Waals surface area contributed by atoms with Crippen LogP contribution in [-0.4, -0.2) is 16.6 Å². The summed E-state index contributed by atoms with van der Waals surface area (Å²) in [6.07, 6.45) is 6.07. The monoisotopic (exact) mass is 349 g/mol. The summed E-state index contributed by atoms with van der Waals surface area (Å²) < 4.78 is 0. The molecule has 0 saturated heterocycles. The number of benzene rings is 1. The van der Waals surface area contributed by atoms with E-state index in [0.29, 0.717) is 12.3 Å². The van der Waals surface area contributed by atoms with Crippen molar-refractivity contribution >= 4 is 11.6 Å². The Hall–Kier alpha value is -2.29. The minimum Gasteiger partial charge on any atom is -0.299 e. The zero-order chi connectivity index (χ0) is 18.5. The van der Waals surface area contributed by atoms with Crippen LogP contribution in [0.2, 0.25) is 0 Å². The van der Waals surface area contributed by atoms with E-state index in [1.165, 1.54) is 5.56 Å². The SMILES string of the molecule is CC(=O)C(Cc1ccnc(C)c1)C(=O)[C@H]1CC[C@H](c2ccccc2)CC1. The molecule has 1 saturated carbocycles. The summed E-state index contributed by atoms with van der Waals surface area (Å²) in [6.45, 7) is 3.48. The second kappa shape index (κ2) is 8.39. The van der Waals surface area contributed by atoms with Crippen LogP contribution in [0.1, 0.15) is 55.3 Å². The molecule has 0 aliphatic heterocycles. The van der Waals surface area contributed by atoms with Crippen molar-refractivity contribution in [3.8, 4) is 0 Å². The van der Waals surface area contributed by atoms with Crippen LogP contribution in [0.15, 0.2) is 48.7 Å². The first-order chi connectivity index (χ1) is 12.5. The summed E-state index contributed by atoms with van der Waals surface area (Å²) in [6, 6.07) is 14.4. The number of aryl methyl sites for hydroxylation is 1. The molecule has 0 radical (unpaired) electrons. The summed E-state index contributed by atoms with van der Waals surface area (Å²) in [5.74, 6) is 0.161. The van der Waals surface area contributed by atoms with Gasteiger partial charge in [-0.2, -0.15) is 0 Å². The molecule has 1 aliphatic carbocycles. The zero-order valence-corrected chi connectivity index (χ0v) is 15.7. The van der Waals surface area contributed by atoms with Gasteiger partial charge in [0.05, 0.1) is 5.92 Å². The van der Waals surface area contributed by atoms with Crippen LogP contribution in [-0.2, 0) is 16.0 Å². The Bertz CT molecular complexity index is 761. The summed E-state index contributed by atoms with van der Waals surface area (Å²) in [5.41, 5.74) is 3.30. The lowest BCUT2D eigenvalue weighted by molar-refractivity contribution is -0.134. The highest BCUT2D eigenvalue weighted by Gasteiger charge is 2.33. The molecule has 1 atom stereocenters. The van der Waals surface area contributed by atoms with Crippen molar-refractivity contribution in [1.29, 1.82) is 0 Å². The van der Waals surface area contributed by atoms with Gasteiger partial charge in [-0.1, -0.05) is 30.3 Å². The fourth-order valence-electron chi connectivity index (χ4n) is 4.13. The topological polar surface area (TPSA) is 47.0 Å². The van der Waals surface area contributed by atoms with Gasteiger partial charge in [0.15, 0.2) is 0 Å². The predicted molar refractivity (Wildman–Crippen MR) is 103 cm³/mol. The lowest BCUT2D eigenvalue weighted by atomic mass is 9.73. The number of hydrogen-bond donors (Lipinski definition) is 0. The number of carbonyl (C=O) groups is 2. The predicted octanol–water partition coefficient (Wildman–Crippen LogP) is 4.68. The van der Waals surface area contributed by atoms with Crippen LogP contribution >= 0.6 is 0 Å². The van der Waals surface area contributed by atoms with Crippen molar-refractivity contribution in [3.63, 3.8) is 0 Å². The summed E-state index contributed by atoms with van der Waals surface area (Å²) in [4.78, 5) is 29.4. The van der Waals surface area contributed by atoms with Gasteiger partial charge in [0.1, 0.15) is 11.6 Å². The fraction of sp³-hybridized carbons (Fsp3) is 0.435. The first-order valence-corrected chi connectivity index (χ1v) is 9.55. The minimum atomic E-state index is -0.518. The third-order valence-corrected chi connectivity index (χ3v) is 5.64. The highest BCUT2D eigenvalue weighted by Crippen LogP contribution is 2.37. The molecule has 3 heteroatoms. The van der Waals surface area contributed by atoms with E-state index in [1.807, 2.05) is 25.1 Å². The summed E-state index contributed by atoms with van der Waals surface area (Å²) in [5, 5.41) is 0. The number of nitrogens with zero attached hydrogens (tertiary/aromatic N) is 1. The largest absolute Gasteiger partial charge is 0.299 e. The molecule has 2 aromatic rings. The van der Waals surface area contributed by atoms with E-state index in [2.05, 4.69) is 29.2 Å². The van der Waals surface area contributed by atoms with Gasteiger partial charge in [-0.15, -0.1) is 0 Å². The molecule has 0 amide bonds. The van der Waals surface area contributed by atoms with E-state index in [-0.39, 0.29) is 17.5 Å². The van der Waals surface area contributed by atoms with Crippen LogP contribution in [0.4, 0.5) is 0 Å². The zero-order valence-electron chi connectivity index (χ0n) is 15.7. The van der Waals surface area contributed by atoms with Gasteiger partial charge in [-0.25, -0.2) is 0 Å². The third-order valence-electron chi connectivity index (χ3n) is 5.64. The number of carbonyl (C=O) groups excluding carboxylic acids is 2. The Balaban J connectivity index is 1.64. The van der Waals surface area contributed by atoms with Crippen LogP contribution in [0.3, 0.4) is 0 Å². The van der Waals surface area contributed by atoms with Crippen LogP contribution in [0.5, 0.6) is 0 Å². The Kier molecular flexibility index (Phi) is 5.97. The standard InChI is InChI=1S/C23H27NO2/c1-16-14-18(12-13-24-16)15-22(17(2)25)23(26)21-10-8-20(9-11-21)19-6-4-3-5-7-19/h3-7,12-14,20-22H,8-11,15H2,1-2H3/t20-,21-,22?. The van der Waals surface area contributed by atoms with Gasteiger partial charge < -0.3 is 0 Å². The second-order valence-corrected chi connectivity index (χ2v) is 7.53. The van der Waals surface area contributed by atoms with E-state index >= 15 is 0 Å². The highest BCUT2D eigenvalue weighted by atomic mass is 16.1. The molecule has 0 N–H and O–H groups in total. The van der Waals surface area contributed by atoms with E-state index in [9.17, 15) is 9.59 Å². The molecule has 1 unspecified atom stereocenters. The van der Waals surface area contributed by atoms with Gasteiger partial charge in [-0.3, -0.25) is 14.6 Å². The molecule has 3 nitrogen and oxygen atoms in total. The number of ketones is 2. The van der Waals surface area contributed by atoms with Gasteiger partial charge in [0.25, 0.3) is 0 Å². The molecule has 26 heavy (non-hydrogen) atoms. The van der Waals surface area contributed by atoms with E-state index < -0.39 is 5.92 Å². The Morgan fingerprint density at radius 2 is 1.77 bits per heavy atom. The molecule has 1 aromatic carbocycles. The lowest BCUT2D eigenvalue weighted by Gasteiger charge is -2.29. The molecular weight excluding hydrogens is 322 g/mol. The Morgan fingerprint density at radius 3 is 2.38 bits per heavy atom. The number of hydrogen-bond acceptors (Lipinski definition) is 3. The number of aromatic nitrogens is 1. The minimum absolute atomic E-state index is 0.0188. The molecule has 136 valence electrons. The smallest absolute Gasteiger partial charge is 0.146 e. The number of Topliss-reactive ketones (excluding diaryl/α,β-unsaturated/α-hetero) is 2. The number of pyridine rings is 1. The Labute approximate surface area is 155 Å². The Morgan fingerprint density at radius 1 is 1.08 bits per heavy atom. The molecule has 1 aliphatic rings. The van der Waals surface area contributed by atoms with E-state index in [0.717, 1.165) is 36.9 Å². The maximum Gasteiger partial charge on any atom is 0.146 e. The third kappa shape index (κ3) is 4.46. The average Bonchev–Trinajstić information content (AvgIpc) is 2.66. The van der Waals surface area contributed by atoms with Crippen molar-refractivity contribution in [2.24, 2.45) is 11.8 Å². The van der Waals surface area contributed by atoms with Gasteiger partial charge in [0.2, 0.25) is 0 Å². The number of rotatable bonds is 6. The maximum absolute atomic E-state index is 13.0. The molecular formula is C23H27NO2. The van der Waals surface area contributed by atoms with Crippen LogP contribution < -0.4 is 0 Å². The maximum atomic E-state index is 13.0. The molecule has 0 bridgehead atoms. The van der Waals surface area contributed by atoms with Gasteiger partial charge in [-0.05, 0) is 75.1 Å². The summed E-state index contributed by atoms with van der Waals surface area (Å²) in [7, 11) is 0. The van der Waals surface area contributed by atoms with Crippen LogP contribution in [0.25, 0.3) is 0 Å². The first-order valence-electron chi connectivity index (χ1n) is 9.55. The average molecular weight is 349 g/mol. The molecule has 1 fully saturated rings. The molecule has 1 heterocycles. The van der Waals surface area contributed by atoms with E-state index in [1.54, 1.807) is 13.1 Å². The molecule has 3 rings (SSSR count). The van der Waals surface area contributed by atoms with Crippen molar-refractivity contribution in [1.82, 2.24) is 4.98 Å². The second-order valence-electron chi connectivity index (χ2n) is 7.53. The summed E-state index contributed by atoms with van der Waals surface area (Å²) >= 11 is 0. The lowest BCUT2D eigenvalue weighted by Crippen LogP contribution is -2.32. The van der Waals surface area contributed by atoms with E-state index in [4.69, 9.17) is 0 Å².